The summed E-state index contributed by atoms with van der Waals surface area (Å²) in [6, 6.07) is 11.6. The van der Waals surface area contributed by atoms with Crippen LogP contribution in [0, 0.1) is 0 Å². The third kappa shape index (κ3) is 6.13. The summed E-state index contributed by atoms with van der Waals surface area (Å²) in [7, 11) is 3.40. The summed E-state index contributed by atoms with van der Waals surface area (Å²) in [4.78, 5) is 21.3. The van der Waals surface area contributed by atoms with Gasteiger partial charge in [-0.25, -0.2) is 9.97 Å². The maximum Gasteiger partial charge on any atom is 0.238 e. The standard InChI is InChI=1S/C23H29N5O3/c1-15(2)31-10-9-25-14-22(29)27-21-12-17(20-7-8-26-23(24-3)28-20)11-16-5-6-18(30-4)13-19(16)21/h5-8,11-13,15,25H,9-10,14H2,1-4H3,(H,27,29)(H,24,26,28). The molecule has 0 radical (unpaired) electrons. The van der Waals surface area contributed by atoms with Crippen molar-refractivity contribution in [2.24, 2.45) is 0 Å². The van der Waals surface area contributed by atoms with Gasteiger partial charge in [-0.2, -0.15) is 0 Å². The molecule has 0 spiro atoms. The molecule has 1 heterocycles. The van der Waals surface area contributed by atoms with Crippen molar-refractivity contribution in [2.45, 2.75) is 20.0 Å². The molecule has 0 aliphatic rings. The minimum atomic E-state index is -0.135. The molecule has 0 aliphatic carbocycles. The molecule has 0 saturated carbocycles. The van der Waals surface area contributed by atoms with E-state index in [0.29, 0.717) is 24.8 Å². The molecule has 3 rings (SSSR count). The van der Waals surface area contributed by atoms with E-state index in [0.717, 1.165) is 27.8 Å². The number of anilines is 2. The van der Waals surface area contributed by atoms with E-state index in [1.165, 1.54) is 0 Å². The number of hydrogen-bond acceptors (Lipinski definition) is 7. The molecule has 0 unspecified atom stereocenters. The number of carbonyl (C=O) groups excluding carboxylic acids is 1. The van der Waals surface area contributed by atoms with E-state index in [1.807, 2.05) is 50.2 Å². The molecule has 3 N–H and O–H groups in total. The van der Waals surface area contributed by atoms with Crippen LogP contribution in [0.2, 0.25) is 0 Å². The zero-order chi connectivity index (χ0) is 22.2. The van der Waals surface area contributed by atoms with E-state index in [-0.39, 0.29) is 18.6 Å². The fraction of sp³-hybridized carbons (Fsp3) is 0.348. The smallest absolute Gasteiger partial charge is 0.238 e. The Morgan fingerprint density at radius 3 is 2.74 bits per heavy atom. The molecule has 0 atom stereocenters. The van der Waals surface area contributed by atoms with Gasteiger partial charge in [0, 0.05) is 36.4 Å². The minimum Gasteiger partial charge on any atom is -0.497 e. The van der Waals surface area contributed by atoms with E-state index in [1.54, 1.807) is 20.4 Å². The van der Waals surface area contributed by atoms with Gasteiger partial charge in [0.15, 0.2) is 0 Å². The molecular weight excluding hydrogens is 394 g/mol. The number of carbonyl (C=O) groups is 1. The summed E-state index contributed by atoms with van der Waals surface area (Å²) in [6.45, 7) is 5.32. The molecule has 0 aliphatic heterocycles. The van der Waals surface area contributed by atoms with Gasteiger partial charge in [0.25, 0.3) is 0 Å². The normalized spacial score (nSPS) is 11.0. The second-order valence-corrected chi connectivity index (χ2v) is 7.27. The highest BCUT2D eigenvalue weighted by atomic mass is 16.5. The summed E-state index contributed by atoms with van der Waals surface area (Å²) in [5.41, 5.74) is 2.34. The molecule has 8 nitrogen and oxygen atoms in total. The predicted octanol–water partition coefficient (Wildman–Crippen LogP) is 3.30. The van der Waals surface area contributed by atoms with Crippen LogP contribution in [0.4, 0.5) is 11.6 Å². The number of rotatable bonds is 10. The van der Waals surface area contributed by atoms with Gasteiger partial charge in [0.2, 0.25) is 11.9 Å². The minimum absolute atomic E-state index is 0.135. The Labute approximate surface area is 182 Å². The van der Waals surface area contributed by atoms with Gasteiger partial charge in [0.1, 0.15) is 5.75 Å². The van der Waals surface area contributed by atoms with Gasteiger partial charge < -0.3 is 25.4 Å². The SMILES string of the molecule is CNc1nccc(-c2cc(NC(=O)CNCCOC(C)C)c3cc(OC)ccc3c2)n1. The lowest BCUT2D eigenvalue weighted by atomic mass is 10.0. The van der Waals surface area contributed by atoms with Crippen LogP contribution in [0.25, 0.3) is 22.0 Å². The molecule has 164 valence electrons. The fourth-order valence-corrected chi connectivity index (χ4v) is 3.12. The van der Waals surface area contributed by atoms with E-state index in [2.05, 4.69) is 25.9 Å². The number of fused-ring (bicyclic) bond motifs is 1. The Kier molecular flexibility index (Phi) is 7.75. The summed E-state index contributed by atoms with van der Waals surface area (Å²) >= 11 is 0. The van der Waals surface area contributed by atoms with E-state index in [9.17, 15) is 4.79 Å². The number of amides is 1. The maximum absolute atomic E-state index is 12.6. The number of aromatic nitrogens is 2. The number of benzene rings is 2. The van der Waals surface area contributed by atoms with Gasteiger partial charge in [-0.15, -0.1) is 0 Å². The third-order valence-corrected chi connectivity index (χ3v) is 4.63. The lowest BCUT2D eigenvalue weighted by Crippen LogP contribution is -2.31. The van der Waals surface area contributed by atoms with Crippen LogP contribution in [0.3, 0.4) is 0 Å². The Bertz CT molecular complexity index is 1040. The van der Waals surface area contributed by atoms with Crippen LogP contribution in [-0.2, 0) is 9.53 Å². The first-order chi connectivity index (χ1) is 15.0. The van der Waals surface area contributed by atoms with Crippen LogP contribution in [0.1, 0.15) is 13.8 Å². The quantitative estimate of drug-likeness (QED) is 0.431. The van der Waals surface area contributed by atoms with Gasteiger partial charge in [-0.05, 0) is 49.6 Å². The monoisotopic (exact) mass is 423 g/mol. The van der Waals surface area contributed by atoms with Crippen molar-refractivity contribution < 1.29 is 14.3 Å². The molecule has 2 aromatic carbocycles. The summed E-state index contributed by atoms with van der Waals surface area (Å²) in [6.07, 6.45) is 1.87. The Balaban J connectivity index is 1.85. The van der Waals surface area contributed by atoms with Gasteiger partial charge >= 0.3 is 0 Å². The second kappa shape index (κ2) is 10.7. The summed E-state index contributed by atoms with van der Waals surface area (Å²) in [5.74, 6) is 1.12. The number of hydrogen-bond donors (Lipinski definition) is 3. The number of methoxy groups -OCH3 is 1. The van der Waals surface area contributed by atoms with Gasteiger partial charge in [0.05, 0.1) is 32.1 Å². The average Bonchev–Trinajstić information content (AvgIpc) is 2.78. The van der Waals surface area contributed by atoms with Crippen molar-refractivity contribution in [1.82, 2.24) is 15.3 Å². The zero-order valence-corrected chi connectivity index (χ0v) is 18.4. The molecule has 8 heteroatoms. The number of nitrogens with one attached hydrogen (secondary N) is 3. The van der Waals surface area contributed by atoms with Crippen molar-refractivity contribution >= 4 is 28.3 Å². The summed E-state index contributed by atoms with van der Waals surface area (Å²) < 4.78 is 10.9. The van der Waals surface area contributed by atoms with Crippen LogP contribution >= 0.6 is 0 Å². The third-order valence-electron chi connectivity index (χ3n) is 4.63. The highest BCUT2D eigenvalue weighted by Crippen LogP contribution is 2.33. The Hall–Kier alpha value is -3.23. The first-order valence-corrected chi connectivity index (χ1v) is 10.2. The molecule has 3 aromatic rings. The number of nitrogens with zero attached hydrogens (tertiary/aromatic N) is 2. The first kappa shape index (κ1) is 22.5. The molecular formula is C23H29N5O3. The van der Waals surface area contributed by atoms with Crippen molar-refractivity contribution in [3.63, 3.8) is 0 Å². The molecule has 0 fully saturated rings. The average molecular weight is 424 g/mol. The maximum atomic E-state index is 12.6. The van der Waals surface area contributed by atoms with Crippen LogP contribution in [0.15, 0.2) is 42.6 Å². The van der Waals surface area contributed by atoms with Gasteiger partial charge in [-0.3, -0.25) is 4.79 Å². The molecule has 0 bridgehead atoms. The van der Waals surface area contributed by atoms with Gasteiger partial charge in [-0.1, -0.05) is 6.07 Å². The fourth-order valence-electron chi connectivity index (χ4n) is 3.12. The topological polar surface area (TPSA) is 97.4 Å². The molecule has 1 aromatic heterocycles. The zero-order valence-electron chi connectivity index (χ0n) is 18.4. The lowest BCUT2D eigenvalue weighted by Gasteiger charge is -2.14. The summed E-state index contributed by atoms with van der Waals surface area (Å²) in [5, 5.41) is 10.9. The highest BCUT2D eigenvalue weighted by molar-refractivity contribution is 6.05. The highest BCUT2D eigenvalue weighted by Gasteiger charge is 2.11. The Morgan fingerprint density at radius 1 is 1.16 bits per heavy atom. The molecule has 1 amide bonds. The van der Waals surface area contributed by atoms with Crippen molar-refractivity contribution in [3.05, 3.63) is 42.6 Å². The lowest BCUT2D eigenvalue weighted by molar-refractivity contribution is -0.115. The van der Waals surface area contributed by atoms with E-state index < -0.39 is 0 Å². The largest absolute Gasteiger partial charge is 0.497 e. The molecule has 0 saturated heterocycles. The Morgan fingerprint density at radius 2 is 2.00 bits per heavy atom. The predicted molar refractivity (Wildman–Crippen MR) is 124 cm³/mol. The number of ether oxygens (including phenoxy) is 2. The van der Waals surface area contributed by atoms with Crippen LogP contribution in [0.5, 0.6) is 5.75 Å². The molecule has 31 heavy (non-hydrogen) atoms. The van der Waals surface area contributed by atoms with E-state index >= 15 is 0 Å². The van der Waals surface area contributed by atoms with Crippen LogP contribution in [-0.4, -0.2) is 55.8 Å². The second-order valence-electron chi connectivity index (χ2n) is 7.27. The van der Waals surface area contributed by atoms with Crippen molar-refractivity contribution in [3.8, 4) is 17.0 Å². The first-order valence-electron chi connectivity index (χ1n) is 10.2. The van der Waals surface area contributed by atoms with E-state index in [4.69, 9.17) is 9.47 Å². The van der Waals surface area contributed by atoms with Crippen molar-refractivity contribution in [1.29, 1.82) is 0 Å². The van der Waals surface area contributed by atoms with Crippen molar-refractivity contribution in [2.75, 3.05) is 44.5 Å². The van der Waals surface area contributed by atoms with Crippen LogP contribution < -0.4 is 20.7 Å².